The van der Waals surface area contributed by atoms with Crippen LogP contribution in [0.5, 0.6) is 0 Å². The van der Waals surface area contributed by atoms with Crippen molar-refractivity contribution < 1.29 is 19.2 Å². The molecule has 0 spiro atoms. The summed E-state index contributed by atoms with van der Waals surface area (Å²) in [6.07, 6.45) is 3.08. The third-order valence-electron chi connectivity index (χ3n) is 4.84. The van der Waals surface area contributed by atoms with Crippen LogP contribution in [-0.2, 0) is 20.8 Å². The Morgan fingerprint density at radius 2 is 1.97 bits per heavy atom. The van der Waals surface area contributed by atoms with Crippen LogP contribution in [0.3, 0.4) is 0 Å². The van der Waals surface area contributed by atoms with Crippen LogP contribution in [0.2, 0.25) is 0 Å². The Hall–Kier alpha value is -2.83. The summed E-state index contributed by atoms with van der Waals surface area (Å²) >= 11 is 0. The lowest BCUT2D eigenvalue weighted by molar-refractivity contribution is -0.156. The van der Waals surface area contributed by atoms with Crippen LogP contribution in [0, 0.1) is 5.92 Å². The van der Waals surface area contributed by atoms with Gasteiger partial charge >= 0.3 is 6.16 Å². The van der Waals surface area contributed by atoms with Crippen molar-refractivity contribution in [3.05, 3.63) is 48.6 Å². The number of ether oxygens (including phenoxy) is 1. The molecule has 0 amide bonds. The first kappa shape index (κ1) is 25.4. The number of carbonyl (C=O) groups excluding carboxylic acids is 2. The zero-order valence-corrected chi connectivity index (χ0v) is 20.0. The number of Topliss-reactive ketones (excluding diaryl/α,β-unsaturated/α-hetero) is 1. The van der Waals surface area contributed by atoms with Crippen molar-refractivity contribution in [1.29, 1.82) is 0 Å². The van der Waals surface area contributed by atoms with Gasteiger partial charge in [0.25, 0.3) is 0 Å². The Morgan fingerprint density at radius 3 is 2.56 bits per heavy atom. The average Bonchev–Trinajstić information content (AvgIpc) is 2.69. The second-order valence-corrected chi connectivity index (χ2v) is 9.43. The monoisotopic (exact) mass is 443 g/mol. The number of carbonyl (C=O) groups is 2. The van der Waals surface area contributed by atoms with Crippen molar-refractivity contribution >= 4 is 17.9 Å². The van der Waals surface area contributed by atoms with E-state index < -0.39 is 17.8 Å². The smallest absolute Gasteiger partial charge is 0.427 e. The molecule has 1 heterocycles. The number of hydroxylamine groups is 2. The molecule has 1 fully saturated rings. The molecule has 1 atom stereocenters. The minimum absolute atomic E-state index is 0.000442. The Kier molecular flexibility index (Phi) is 9.29. The van der Waals surface area contributed by atoms with Gasteiger partial charge in [-0.1, -0.05) is 50.3 Å². The van der Waals surface area contributed by atoms with Crippen molar-refractivity contribution in [2.24, 2.45) is 10.9 Å². The zero-order valence-electron chi connectivity index (χ0n) is 20.0. The molecule has 7 nitrogen and oxygen atoms in total. The maximum absolute atomic E-state index is 13.1. The summed E-state index contributed by atoms with van der Waals surface area (Å²) in [6, 6.07) is 9.60. The first-order valence-corrected chi connectivity index (χ1v) is 11.3. The minimum Gasteiger partial charge on any atom is -0.427 e. The molecule has 2 rings (SSSR count). The Balaban J connectivity index is 2.24. The molecule has 1 aromatic rings. The average molecular weight is 444 g/mol. The summed E-state index contributed by atoms with van der Waals surface area (Å²) in [5.41, 5.74) is 0.526. The van der Waals surface area contributed by atoms with Gasteiger partial charge in [-0.25, -0.2) is 9.79 Å². The molecule has 1 aromatic carbocycles. The minimum atomic E-state index is -0.850. The van der Waals surface area contributed by atoms with E-state index in [4.69, 9.17) is 9.57 Å². The number of benzene rings is 1. The van der Waals surface area contributed by atoms with Gasteiger partial charge < -0.3 is 14.5 Å². The van der Waals surface area contributed by atoms with Gasteiger partial charge in [0.2, 0.25) is 5.96 Å². The lowest BCUT2D eigenvalue weighted by atomic mass is 9.98. The van der Waals surface area contributed by atoms with Crippen molar-refractivity contribution in [1.82, 2.24) is 9.96 Å². The number of aryl methyl sites for hydroxylation is 1. The number of nitrogens with zero attached hydrogens (tertiary/aromatic N) is 3. The van der Waals surface area contributed by atoms with Gasteiger partial charge in [0.1, 0.15) is 11.6 Å². The SMILES string of the molecule is C=CCN=C1N(CCCc2ccccc2)CC(=O)[C@H](CC(C)C)N1OC(=O)OC(C)(C)C. The molecule has 1 aliphatic rings. The van der Waals surface area contributed by atoms with Crippen molar-refractivity contribution in [2.45, 2.75) is 65.5 Å². The number of hydrogen-bond donors (Lipinski definition) is 0. The zero-order chi connectivity index (χ0) is 23.7. The second-order valence-electron chi connectivity index (χ2n) is 9.43. The maximum atomic E-state index is 13.1. The van der Waals surface area contributed by atoms with E-state index in [9.17, 15) is 9.59 Å². The first-order valence-electron chi connectivity index (χ1n) is 11.3. The second kappa shape index (κ2) is 11.7. The van der Waals surface area contributed by atoms with Crippen molar-refractivity contribution in [3.63, 3.8) is 0 Å². The Bertz CT molecular complexity index is 799. The van der Waals surface area contributed by atoms with Crippen LogP contribution in [0.1, 0.15) is 53.0 Å². The van der Waals surface area contributed by atoms with E-state index >= 15 is 0 Å². The molecule has 0 aliphatic carbocycles. The van der Waals surface area contributed by atoms with Crippen molar-refractivity contribution in [3.8, 4) is 0 Å². The number of aliphatic imine (C=N–C) groups is 1. The molecule has 7 heteroatoms. The van der Waals surface area contributed by atoms with Gasteiger partial charge in [-0.2, -0.15) is 5.06 Å². The predicted octanol–water partition coefficient (Wildman–Crippen LogP) is 4.63. The molecule has 0 N–H and O–H groups in total. The van der Waals surface area contributed by atoms with E-state index in [1.165, 1.54) is 10.6 Å². The van der Waals surface area contributed by atoms with Crippen molar-refractivity contribution in [2.75, 3.05) is 19.6 Å². The highest BCUT2D eigenvalue weighted by molar-refractivity contribution is 5.97. The van der Waals surface area contributed by atoms with Crippen LogP contribution in [0.25, 0.3) is 0 Å². The lowest BCUT2D eigenvalue weighted by Gasteiger charge is -2.41. The normalized spacial score (nSPS) is 18.2. The Morgan fingerprint density at radius 1 is 1.28 bits per heavy atom. The van der Waals surface area contributed by atoms with E-state index in [1.54, 1.807) is 26.8 Å². The third-order valence-corrected chi connectivity index (χ3v) is 4.84. The molecule has 0 saturated carbocycles. The fraction of sp³-hybridized carbons (Fsp3) is 0.560. The third kappa shape index (κ3) is 8.02. The fourth-order valence-corrected chi connectivity index (χ4v) is 3.51. The summed E-state index contributed by atoms with van der Waals surface area (Å²) in [6.45, 7) is 14.3. The summed E-state index contributed by atoms with van der Waals surface area (Å²) in [4.78, 5) is 37.7. The van der Waals surface area contributed by atoms with Crippen LogP contribution in [0.4, 0.5) is 4.79 Å². The van der Waals surface area contributed by atoms with E-state index in [0.717, 1.165) is 12.8 Å². The molecule has 0 aromatic heterocycles. The summed E-state index contributed by atoms with van der Waals surface area (Å²) in [7, 11) is 0. The van der Waals surface area contributed by atoms with Crippen LogP contribution in [-0.4, -0.2) is 59.1 Å². The number of rotatable bonds is 9. The lowest BCUT2D eigenvalue weighted by Crippen LogP contribution is -2.61. The van der Waals surface area contributed by atoms with Gasteiger partial charge in [0, 0.05) is 6.54 Å². The summed E-state index contributed by atoms with van der Waals surface area (Å²) < 4.78 is 5.35. The van der Waals surface area contributed by atoms with Gasteiger partial charge in [-0.3, -0.25) is 4.79 Å². The molecular weight excluding hydrogens is 406 g/mol. The van der Waals surface area contributed by atoms with Gasteiger partial charge in [0.15, 0.2) is 5.78 Å². The highest BCUT2D eigenvalue weighted by Gasteiger charge is 2.41. The van der Waals surface area contributed by atoms with E-state index in [1.807, 2.05) is 36.9 Å². The van der Waals surface area contributed by atoms with E-state index in [2.05, 4.69) is 23.7 Å². The highest BCUT2D eigenvalue weighted by atomic mass is 16.8. The molecular formula is C25H37N3O4. The molecule has 1 saturated heterocycles. The Labute approximate surface area is 192 Å². The summed E-state index contributed by atoms with van der Waals surface area (Å²) in [5, 5.41) is 1.35. The molecule has 0 bridgehead atoms. The van der Waals surface area contributed by atoms with E-state index in [0.29, 0.717) is 25.5 Å². The predicted molar refractivity (Wildman–Crippen MR) is 126 cm³/mol. The number of guanidine groups is 1. The quantitative estimate of drug-likeness (QED) is 0.409. The topological polar surface area (TPSA) is 71.4 Å². The van der Waals surface area contributed by atoms with Gasteiger partial charge in [0.05, 0.1) is 13.1 Å². The molecule has 0 radical (unpaired) electrons. The van der Waals surface area contributed by atoms with Crippen LogP contribution < -0.4 is 0 Å². The van der Waals surface area contributed by atoms with E-state index in [-0.39, 0.29) is 18.2 Å². The molecule has 32 heavy (non-hydrogen) atoms. The standard InChI is InChI=1S/C25H37N3O4/c1-7-15-26-23-27(16-11-14-20-12-9-8-10-13-20)18-22(29)21(17-19(2)3)28(23)32-24(30)31-25(4,5)6/h7-10,12-13,19,21H,1,11,14-18H2,2-6H3/t21-/m0/s1. The van der Waals surface area contributed by atoms with Gasteiger partial charge in [-0.05, 0) is 51.5 Å². The largest absolute Gasteiger partial charge is 0.534 e. The number of ketones is 1. The molecule has 1 aliphatic heterocycles. The van der Waals surface area contributed by atoms with Crippen LogP contribution >= 0.6 is 0 Å². The summed E-state index contributed by atoms with van der Waals surface area (Å²) in [5.74, 6) is 0.701. The van der Waals surface area contributed by atoms with Crippen LogP contribution in [0.15, 0.2) is 48.0 Å². The molecule has 0 unspecified atom stereocenters. The molecule has 176 valence electrons. The maximum Gasteiger partial charge on any atom is 0.534 e. The highest BCUT2D eigenvalue weighted by Crippen LogP contribution is 2.23. The first-order chi connectivity index (χ1) is 15.1. The number of hydrogen-bond acceptors (Lipinski definition) is 5. The fourth-order valence-electron chi connectivity index (χ4n) is 3.51. The van der Waals surface area contributed by atoms with Gasteiger partial charge in [-0.15, -0.1) is 6.58 Å².